The number of hydrogen-bond acceptors (Lipinski definition) is 5. The van der Waals surface area contributed by atoms with Crippen molar-refractivity contribution >= 4 is 12.0 Å². The van der Waals surface area contributed by atoms with Crippen LogP contribution in [-0.4, -0.2) is 48.2 Å². The van der Waals surface area contributed by atoms with Crippen molar-refractivity contribution in [1.82, 2.24) is 10.2 Å². The van der Waals surface area contributed by atoms with Crippen LogP contribution in [0.25, 0.3) is 11.1 Å². The highest BCUT2D eigenvalue weighted by Crippen LogP contribution is 2.35. The molecule has 198 valence electrons. The van der Waals surface area contributed by atoms with Gasteiger partial charge in [-0.3, -0.25) is 4.79 Å². The standard InChI is InChI=1S/C29H36FN3O4/c1-19(2)15-25(27(34)32-13-12-31)21-8-6-7-20(16-21)24-17-22(30)9-10-26(24)36-23-11-14-33(18-23)28(35)37-29(3,4)5/h6-10,16-17,19,23,25H,11,13-15,18H2,1-5H3,(H,32,34). The predicted molar refractivity (Wildman–Crippen MR) is 139 cm³/mol. The van der Waals surface area contributed by atoms with E-state index in [4.69, 9.17) is 14.7 Å². The molecule has 1 aliphatic rings. The number of benzene rings is 2. The second-order valence-electron chi connectivity index (χ2n) is 10.8. The van der Waals surface area contributed by atoms with Gasteiger partial charge in [0.15, 0.2) is 0 Å². The smallest absolute Gasteiger partial charge is 0.410 e. The van der Waals surface area contributed by atoms with Crippen molar-refractivity contribution in [2.75, 3.05) is 19.6 Å². The SMILES string of the molecule is CC(C)CC(C(=O)NCC#N)c1cccc(-c2cc(F)ccc2OC2CCN(C(=O)OC(C)(C)C)C2)c1. The molecule has 8 heteroatoms. The number of halogens is 1. The van der Waals surface area contributed by atoms with Gasteiger partial charge in [-0.1, -0.05) is 38.1 Å². The summed E-state index contributed by atoms with van der Waals surface area (Å²) in [6.45, 7) is 10.4. The first kappa shape index (κ1) is 28.0. The van der Waals surface area contributed by atoms with Gasteiger partial charge in [-0.2, -0.15) is 5.26 Å². The Kier molecular flexibility index (Phi) is 9.14. The Bertz CT molecular complexity index is 1150. The van der Waals surface area contributed by atoms with E-state index >= 15 is 0 Å². The van der Waals surface area contributed by atoms with Gasteiger partial charge in [0.2, 0.25) is 5.91 Å². The van der Waals surface area contributed by atoms with Crippen LogP contribution < -0.4 is 10.1 Å². The van der Waals surface area contributed by atoms with Gasteiger partial charge < -0.3 is 19.7 Å². The molecule has 1 N–H and O–H groups in total. The Hall–Kier alpha value is -3.60. The highest BCUT2D eigenvalue weighted by atomic mass is 19.1. The molecule has 3 rings (SSSR count). The molecule has 2 atom stereocenters. The Morgan fingerprint density at radius 1 is 1.22 bits per heavy atom. The maximum Gasteiger partial charge on any atom is 0.410 e. The number of ether oxygens (including phenoxy) is 2. The van der Waals surface area contributed by atoms with Crippen LogP contribution in [0.3, 0.4) is 0 Å². The van der Waals surface area contributed by atoms with Gasteiger partial charge in [-0.25, -0.2) is 9.18 Å². The van der Waals surface area contributed by atoms with Gasteiger partial charge in [0.25, 0.3) is 0 Å². The predicted octanol–water partition coefficient (Wildman–Crippen LogP) is 5.65. The zero-order valence-corrected chi connectivity index (χ0v) is 22.2. The lowest BCUT2D eigenvalue weighted by molar-refractivity contribution is -0.122. The molecule has 0 radical (unpaired) electrons. The Balaban J connectivity index is 1.84. The monoisotopic (exact) mass is 509 g/mol. The van der Waals surface area contributed by atoms with Gasteiger partial charge in [-0.05, 0) is 62.4 Å². The molecule has 0 aliphatic carbocycles. The van der Waals surface area contributed by atoms with Crippen molar-refractivity contribution in [2.24, 2.45) is 5.92 Å². The molecule has 37 heavy (non-hydrogen) atoms. The van der Waals surface area contributed by atoms with Gasteiger partial charge in [-0.15, -0.1) is 0 Å². The van der Waals surface area contributed by atoms with Crippen molar-refractivity contribution in [2.45, 2.75) is 65.1 Å². The average molecular weight is 510 g/mol. The molecule has 2 unspecified atom stereocenters. The van der Waals surface area contributed by atoms with Crippen molar-refractivity contribution in [3.63, 3.8) is 0 Å². The fourth-order valence-corrected chi connectivity index (χ4v) is 4.37. The number of carbonyl (C=O) groups excluding carboxylic acids is 2. The summed E-state index contributed by atoms with van der Waals surface area (Å²) in [4.78, 5) is 26.9. The van der Waals surface area contributed by atoms with Crippen LogP contribution in [0.1, 0.15) is 58.9 Å². The van der Waals surface area contributed by atoms with Crippen LogP contribution >= 0.6 is 0 Å². The number of likely N-dealkylation sites (tertiary alicyclic amines) is 1. The molecule has 0 aromatic heterocycles. The molecule has 2 aromatic carbocycles. The maximum atomic E-state index is 14.4. The Labute approximate surface area is 218 Å². The lowest BCUT2D eigenvalue weighted by Gasteiger charge is -2.24. The summed E-state index contributed by atoms with van der Waals surface area (Å²) in [6.07, 6.45) is 0.600. The lowest BCUT2D eigenvalue weighted by atomic mass is 9.88. The number of carbonyl (C=O) groups is 2. The first-order valence-corrected chi connectivity index (χ1v) is 12.7. The van der Waals surface area contributed by atoms with Gasteiger partial charge >= 0.3 is 6.09 Å². The van der Waals surface area contributed by atoms with E-state index in [2.05, 4.69) is 5.32 Å². The van der Waals surface area contributed by atoms with E-state index in [1.165, 1.54) is 12.1 Å². The minimum Gasteiger partial charge on any atom is -0.488 e. The molecule has 2 amide bonds. The fraction of sp³-hybridized carbons (Fsp3) is 0.483. The van der Waals surface area contributed by atoms with E-state index < -0.39 is 17.3 Å². The average Bonchev–Trinajstić information content (AvgIpc) is 3.30. The molecule has 0 spiro atoms. The van der Waals surface area contributed by atoms with Crippen molar-refractivity contribution in [3.8, 4) is 22.9 Å². The summed E-state index contributed by atoms with van der Waals surface area (Å²) >= 11 is 0. The highest BCUT2D eigenvalue weighted by molar-refractivity contribution is 5.84. The molecule has 0 saturated carbocycles. The number of nitrogens with one attached hydrogen (secondary N) is 1. The number of rotatable bonds is 8. The Morgan fingerprint density at radius 2 is 1.97 bits per heavy atom. The third kappa shape index (κ3) is 7.94. The molecule has 1 fully saturated rings. The minimum atomic E-state index is -0.579. The van der Waals surface area contributed by atoms with Gasteiger partial charge in [0, 0.05) is 18.5 Å². The quantitative estimate of drug-likeness (QED) is 0.464. The molecule has 1 aliphatic heterocycles. The van der Waals surface area contributed by atoms with Crippen LogP contribution in [0, 0.1) is 23.1 Å². The molecule has 2 aromatic rings. The van der Waals surface area contributed by atoms with Crippen molar-refractivity contribution in [1.29, 1.82) is 5.26 Å². The molecular weight excluding hydrogens is 473 g/mol. The third-order valence-electron chi connectivity index (χ3n) is 6.00. The van der Waals surface area contributed by atoms with Crippen molar-refractivity contribution < 1.29 is 23.5 Å². The molecule has 1 heterocycles. The van der Waals surface area contributed by atoms with E-state index in [9.17, 15) is 14.0 Å². The van der Waals surface area contributed by atoms with E-state index in [0.717, 1.165) is 11.1 Å². The second-order valence-corrected chi connectivity index (χ2v) is 10.8. The molecule has 7 nitrogen and oxygen atoms in total. The minimum absolute atomic E-state index is 0.0588. The summed E-state index contributed by atoms with van der Waals surface area (Å²) < 4.78 is 26.1. The van der Waals surface area contributed by atoms with Gasteiger partial charge in [0.1, 0.15) is 29.8 Å². The van der Waals surface area contributed by atoms with Crippen LogP contribution in [0.5, 0.6) is 5.75 Å². The summed E-state index contributed by atoms with van der Waals surface area (Å²) in [7, 11) is 0. The number of nitrogens with zero attached hydrogens (tertiary/aromatic N) is 2. The van der Waals surface area contributed by atoms with Crippen LogP contribution in [0.15, 0.2) is 42.5 Å². The van der Waals surface area contributed by atoms with E-state index in [0.29, 0.717) is 37.2 Å². The number of hydrogen-bond donors (Lipinski definition) is 1. The van der Waals surface area contributed by atoms with Crippen LogP contribution in [0.2, 0.25) is 0 Å². The second kappa shape index (κ2) is 12.1. The van der Waals surface area contributed by atoms with E-state index in [1.54, 1.807) is 11.0 Å². The topological polar surface area (TPSA) is 91.7 Å². The van der Waals surface area contributed by atoms with Crippen LogP contribution in [-0.2, 0) is 9.53 Å². The van der Waals surface area contributed by atoms with Crippen LogP contribution in [0.4, 0.5) is 9.18 Å². The fourth-order valence-electron chi connectivity index (χ4n) is 4.37. The Morgan fingerprint density at radius 3 is 2.65 bits per heavy atom. The largest absolute Gasteiger partial charge is 0.488 e. The number of amides is 2. The van der Waals surface area contributed by atoms with Gasteiger partial charge in [0.05, 0.1) is 18.5 Å². The summed E-state index contributed by atoms with van der Waals surface area (Å²) in [5, 5.41) is 11.5. The number of nitriles is 1. The van der Waals surface area contributed by atoms with E-state index in [1.807, 2.05) is 65.0 Å². The summed E-state index contributed by atoms with van der Waals surface area (Å²) in [5.74, 6) is -0.298. The first-order valence-electron chi connectivity index (χ1n) is 12.7. The first-order chi connectivity index (χ1) is 17.5. The molecule has 0 bridgehead atoms. The zero-order valence-electron chi connectivity index (χ0n) is 22.2. The van der Waals surface area contributed by atoms with Crippen molar-refractivity contribution in [3.05, 3.63) is 53.8 Å². The normalized spacial score (nSPS) is 16.3. The van der Waals surface area contributed by atoms with E-state index in [-0.39, 0.29) is 30.6 Å². The molecular formula is C29H36FN3O4. The highest BCUT2D eigenvalue weighted by Gasteiger charge is 2.31. The maximum absolute atomic E-state index is 14.4. The summed E-state index contributed by atoms with van der Waals surface area (Å²) in [5.41, 5.74) is 1.49. The lowest BCUT2D eigenvalue weighted by Crippen LogP contribution is -2.36. The third-order valence-corrected chi connectivity index (χ3v) is 6.00. The summed E-state index contributed by atoms with van der Waals surface area (Å²) in [6, 6.07) is 13.7. The zero-order chi connectivity index (χ0) is 27.2. The molecule has 1 saturated heterocycles.